The van der Waals surface area contributed by atoms with Crippen molar-refractivity contribution in [2.24, 2.45) is 0 Å². The Labute approximate surface area is 207 Å². The van der Waals surface area contributed by atoms with Gasteiger partial charge in [0.2, 0.25) is 5.91 Å². The molecule has 0 N–H and O–H groups in total. The number of hydrogen-bond donors (Lipinski definition) is 0. The van der Waals surface area contributed by atoms with Gasteiger partial charge in [-0.3, -0.25) is 14.3 Å². The number of carbonyl (C=O) groups excluding carboxylic acids is 1. The first-order chi connectivity index (χ1) is 17.2. The van der Waals surface area contributed by atoms with Crippen LogP contribution in [0.4, 0.5) is 0 Å². The van der Waals surface area contributed by atoms with Crippen molar-refractivity contribution >= 4 is 17.7 Å². The Morgan fingerprint density at radius 1 is 1.03 bits per heavy atom. The number of amides is 1. The summed E-state index contributed by atoms with van der Waals surface area (Å²) in [6, 6.07) is 21.5. The average Bonchev–Trinajstić information content (AvgIpc) is 3.30. The van der Waals surface area contributed by atoms with Crippen molar-refractivity contribution in [3.05, 3.63) is 84.7 Å². The second kappa shape index (κ2) is 10.6. The molecule has 1 amide bonds. The minimum atomic E-state index is -0.219. The molecule has 35 heavy (non-hydrogen) atoms. The Kier molecular flexibility index (Phi) is 6.94. The Morgan fingerprint density at radius 3 is 2.57 bits per heavy atom. The van der Waals surface area contributed by atoms with Gasteiger partial charge >= 0.3 is 0 Å². The summed E-state index contributed by atoms with van der Waals surface area (Å²) in [4.78, 5) is 18.7. The number of ether oxygens (including phenoxy) is 2. The SMILES string of the molecule is CN(C[C@H]1COc2ccccc2O1)C(=O)CSc1nnc(-c2ccncc2)n1Cc1ccccc1. The molecular formula is C26H25N5O3S. The van der Waals surface area contributed by atoms with Crippen LogP contribution in [0.5, 0.6) is 11.5 Å². The summed E-state index contributed by atoms with van der Waals surface area (Å²) < 4.78 is 13.8. The smallest absolute Gasteiger partial charge is 0.232 e. The number of likely N-dealkylation sites (N-methyl/N-ethyl adjacent to an activating group) is 1. The normalized spacial score (nSPS) is 14.5. The second-order valence-corrected chi connectivity index (χ2v) is 9.12. The maximum atomic E-state index is 12.9. The van der Waals surface area contributed by atoms with Crippen LogP contribution < -0.4 is 9.47 Å². The summed E-state index contributed by atoms with van der Waals surface area (Å²) >= 11 is 1.38. The lowest BCUT2D eigenvalue weighted by atomic mass is 10.2. The van der Waals surface area contributed by atoms with E-state index in [2.05, 4.69) is 27.3 Å². The summed E-state index contributed by atoms with van der Waals surface area (Å²) in [7, 11) is 1.78. The molecule has 0 saturated carbocycles. The van der Waals surface area contributed by atoms with Gasteiger partial charge < -0.3 is 14.4 Å². The summed E-state index contributed by atoms with van der Waals surface area (Å²) in [5, 5.41) is 9.51. The highest BCUT2D eigenvalue weighted by Crippen LogP contribution is 2.31. The number of pyridine rings is 1. The molecular weight excluding hydrogens is 462 g/mol. The molecule has 178 valence electrons. The largest absolute Gasteiger partial charge is 0.486 e. The molecule has 1 aliphatic rings. The fraction of sp³-hybridized carbons (Fsp3) is 0.231. The molecule has 0 bridgehead atoms. The molecule has 2 aromatic carbocycles. The van der Waals surface area contributed by atoms with Gasteiger partial charge in [-0.1, -0.05) is 54.2 Å². The minimum absolute atomic E-state index is 0.0165. The van der Waals surface area contributed by atoms with Gasteiger partial charge in [0.25, 0.3) is 0 Å². The van der Waals surface area contributed by atoms with E-state index in [1.807, 2.05) is 59.2 Å². The number of thioether (sulfide) groups is 1. The van der Waals surface area contributed by atoms with E-state index < -0.39 is 0 Å². The van der Waals surface area contributed by atoms with Gasteiger partial charge in [0.1, 0.15) is 6.61 Å². The average molecular weight is 488 g/mol. The lowest BCUT2D eigenvalue weighted by Crippen LogP contribution is -2.42. The molecule has 9 heteroatoms. The number of benzene rings is 2. The van der Waals surface area contributed by atoms with E-state index in [1.54, 1.807) is 24.3 Å². The molecule has 1 aliphatic heterocycles. The van der Waals surface area contributed by atoms with Crippen LogP contribution in [0, 0.1) is 0 Å². The molecule has 5 rings (SSSR count). The maximum Gasteiger partial charge on any atom is 0.232 e. The van der Waals surface area contributed by atoms with Crippen molar-refractivity contribution in [1.29, 1.82) is 0 Å². The van der Waals surface area contributed by atoms with Gasteiger partial charge in [0.05, 0.1) is 18.8 Å². The monoisotopic (exact) mass is 487 g/mol. The Morgan fingerprint density at radius 2 is 1.77 bits per heavy atom. The van der Waals surface area contributed by atoms with Crippen molar-refractivity contribution in [2.75, 3.05) is 26.0 Å². The zero-order chi connectivity index (χ0) is 24.0. The van der Waals surface area contributed by atoms with Crippen molar-refractivity contribution < 1.29 is 14.3 Å². The first kappa shape index (κ1) is 22.9. The molecule has 0 spiro atoms. The van der Waals surface area contributed by atoms with Crippen molar-refractivity contribution in [2.45, 2.75) is 17.8 Å². The number of fused-ring (bicyclic) bond motifs is 1. The number of para-hydroxylation sites is 2. The van der Waals surface area contributed by atoms with Gasteiger partial charge in [-0.25, -0.2) is 0 Å². The zero-order valence-corrected chi connectivity index (χ0v) is 20.1. The van der Waals surface area contributed by atoms with Crippen LogP contribution in [0.1, 0.15) is 5.56 Å². The lowest BCUT2D eigenvalue weighted by Gasteiger charge is -2.29. The number of aromatic nitrogens is 4. The Balaban J connectivity index is 1.26. The predicted molar refractivity (Wildman–Crippen MR) is 134 cm³/mol. The maximum absolute atomic E-state index is 12.9. The third kappa shape index (κ3) is 5.46. The highest BCUT2D eigenvalue weighted by molar-refractivity contribution is 7.99. The van der Waals surface area contributed by atoms with E-state index in [9.17, 15) is 4.79 Å². The Bertz CT molecular complexity index is 1280. The fourth-order valence-corrected chi connectivity index (χ4v) is 4.69. The fourth-order valence-electron chi connectivity index (χ4n) is 3.82. The predicted octanol–water partition coefficient (Wildman–Crippen LogP) is 3.78. The molecule has 0 fully saturated rings. The van der Waals surface area contributed by atoms with E-state index in [1.165, 1.54) is 11.8 Å². The number of carbonyl (C=O) groups is 1. The van der Waals surface area contributed by atoms with Gasteiger partial charge in [0, 0.05) is 25.0 Å². The number of rotatable bonds is 8. The zero-order valence-electron chi connectivity index (χ0n) is 19.3. The summed E-state index contributed by atoms with van der Waals surface area (Å²) in [6.45, 7) is 1.44. The van der Waals surface area contributed by atoms with Gasteiger partial charge in [-0.05, 0) is 29.8 Å². The quantitative estimate of drug-likeness (QED) is 0.350. The highest BCUT2D eigenvalue weighted by Gasteiger charge is 2.24. The van der Waals surface area contributed by atoms with Crippen LogP contribution in [0.2, 0.25) is 0 Å². The highest BCUT2D eigenvalue weighted by atomic mass is 32.2. The third-order valence-electron chi connectivity index (χ3n) is 5.63. The molecule has 0 unspecified atom stereocenters. The third-order valence-corrected chi connectivity index (χ3v) is 6.59. The van der Waals surface area contributed by atoms with E-state index >= 15 is 0 Å². The molecule has 2 aromatic heterocycles. The molecule has 0 aliphatic carbocycles. The topological polar surface area (TPSA) is 82.4 Å². The molecule has 0 radical (unpaired) electrons. The first-order valence-corrected chi connectivity index (χ1v) is 12.3. The minimum Gasteiger partial charge on any atom is -0.486 e. The lowest BCUT2D eigenvalue weighted by molar-refractivity contribution is -0.128. The summed E-state index contributed by atoms with van der Waals surface area (Å²) in [6.07, 6.45) is 3.25. The molecule has 8 nitrogen and oxygen atoms in total. The summed E-state index contributed by atoms with van der Waals surface area (Å²) in [5.74, 6) is 2.40. The standard InChI is InChI=1S/C26H25N5O3S/c1-30(16-21-17-33-22-9-5-6-10-23(22)34-21)24(32)18-35-26-29-28-25(20-11-13-27-14-12-20)31(26)15-19-7-3-2-4-8-19/h2-14,21H,15-18H2,1H3/t21-/m0/s1. The van der Waals surface area contributed by atoms with Crippen LogP contribution in [0.3, 0.4) is 0 Å². The van der Waals surface area contributed by atoms with E-state index in [-0.39, 0.29) is 17.8 Å². The van der Waals surface area contributed by atoms with Gasteiger partial charge in [-0.2, -0.15) is 0 Å². The van der Waals surface area contributed by atoms with Crippen LogP contribution >= 0.6 is 11.8 Å². The van der Waals surface area contributed by atoms with Crippen LogP contribution in [0.15, 0.2) is 84.3 Å². The van der Waals surface area contributed by atoms with Crippen molar-refractivity contribution in [3.8, 4) is 22.9 Å². The van der Waals surface area contributed by atoms with E-state index in [0.717, 1.165) is 22.7 Å². The number of hydrogen-bond acceptors (Lipinski definition) is 7. The first-order valence-electron chi connectivity index (χ1n) is 11.3. The molecule has 4 aromatic rings. The van der Waals surface area contributed by atoms with Crippen molar-refractivity contribution in [3.63, 3.8) is 0 Å². The molecule has 0 saturated heterocycles. The van der Waals surface area contributed by atoms with E-state index in [4.69, 9.17) is 9.47 Å². The van der Waals surface area contributed by atoms with Crippen LogP contribution in [-0.4, -0.2) is 62.6 Å². The molecule has 1 atom stereocenters. The van der Waals surface area contributed by atoms with Gasteiger partial charge in [0.15, 0.2) is 28.6 Å². The van der Waals surface area contributed by atoms with Crippen molar-refractivity contribution in [1.82, 2.24) is 24.6 Å². The van der Waals surface area contributed by atoms with Gasteiger partial charge in [-0.15, -0.1) is 10.2 Å². The molecule has 3 heterocycles. The van der Waals surface area contributed by atoms with E-state index in [0.29, 0.717) is 30.6 Å². The van der Waals surface area contributed by atoms with Crippen LogP contribution in [0.25, 0.3) is 11.4 Å². The second-order valence-electron chi connectivity index (χ2n) is 8.17. The number of nitrogens with zero attached hydrogens (tertiary/aromatic N) is 5. The summed E-state index contributed by atoms with van der Waals surface area (Å²) in [5.41, 5.74) is 2.05. The van der Waals surface area contributed by atoms with Crippen LogP contribution in [-0.2, 0) is 11.3 Å². The Hall–Kier alpha value is -3.85.